The predicted molar refractivity (Wildman–Crippen MR) is 104 cm³/mol. The van der Waals surface area contributed by atoms with E-state index >= 15 is 0 Å². The first-order valence-electron chi connectivity index (χ1n) is 8.24. The monoisotopic (exact) mass is 428 g/mol. The van der Waals surface area contributed by atoms with Crippen LogP contribution >= 0.6 is 34.7 Å². The number of hydrogen-bond acceptors (Lipinski definition) is 5. The third kappa shape index (κ3) is 3.41. The Hall–Kier alpha value is -1.06. The van der Waals surface area contributed by atoms with Crippen LogP contribution < -0.4 is 0 Å². The molecule has 1 amide bonds. The molecular weight excluding hydrogens is 412 g/mol. The average Bonchev–Trinajstić information content (AvgIpc) is 3.27. The maximum absolute atomic E-state index is 12.8. The number of sulfonamides is 1. The number of rotatable bonds is 3. The summed E-state index contributed by atoms with van der Waals surface area (Å²) in [6.07, 6.45) is 0.742. The third-order valence-corrected chi connectivity index (χ3v) is 9.52. The Morgan fingerprint density at radius 1 is 1.08 bits per heavy atom. The zero-order valence-corrected chi connectivity index (χ0v) is 17.0. The van der Waals surface area contributed by atoms with Crippen LogP contribution in [0.15, 0.2) is 45.5 Å². The molecule has 2 aliphatic heterocycles. The summed E-state index contributed by atoms with van der Waals surface area (Å²) in [5, 5.41) is -0.105. The van der Waals surface area contributed by atoms with E-state index in [0.717, 1.165) is 17.8 Å². The van der Waals surface area contributed by atoms with Gasteiger partial charge in [0.1, 0.15) is 4.21 Å². The van der Waals surface area contributed by atoms with Crippen LogP contribution in [-0.2, 0) is 21.2 Å². The number of carbonyl (C=O) groups is 1. The molecule has 4 rings (SSSR count). The minimum atomic E-state index is -3.53. The standard InChI is InChI=1S/C17H17ClN2O3S3/c18-15-5-6-16(25-15)26(22,23)20-9-7-19(8-10-20)17(21)14-11-12-3-1-2-4-13(12)24-14/h1-6,14H,7-11H2/t14-/m0/s1. The molecule has 1 fully saturated rings. The molecule has 5 nitrogen and oxygen atoms in total. The van der Waals surface area contributed by atoms with Gasteiger partial charge < -0.3 is 4.90 Å². The molecule has 2 aliphatic rings. The molecule has 1 aromatic carbocycles. The van der Waals surface area contributed by atoms with Gasteiger partial charge >= 0.3 is 0 Å². The highest BCUT2D eigenvalue weighted by Crippen LogP contribution is 2.38. The van der Waals surface area contributed by atoms with E-state index in [1.54, 1.807) is 22.7 Å². The van der Waals surface area contributed by atoms with Crippen molar-refractivity contribution in [3.05, 3.63) is 46.3 Å². The zero-order chi connectivity index (χ0) is 18.3. The van der Waals surface area contributed by atoms with E-state index in [-0.39, 0.29) is 15.4 Å². The highest BCUT2D eigenvalue weighted by Gasteiger charge is 2.35. The Kier molecular flexibility index (Phi) is 5.04. The molecule has 0 N–H and O–H groups in total. The summed E-state index contributed by atoms with van der Waals surface area (Å²) in [6, 6.07) is 11.2. The number of thioether (sulfide) groups is 1. The van der Waals surface area contributed by atoms with Gasteiger partial charge in [0.15, 0.2) is 0 Å². The minimum Gasteiger partial charge on any atom is -0.339 e. The fraction of sp³-hybridized carbons (Fsp3) is 0.353. The molecular formula is C17H17ClN2O3S3. The smallest absolute Gasteiger partial charge is 0.252 e. The lowest BCUT2D eigenvalue weighted by atomic mass is 10.1. The van der Waals surface area contributed by atoms with Gasteiger partial charge in [-0.3, -0.25) is 4.79 Å². The van der Waals surface area contributed by atoms with Crippen molar-refractivity contribution in [3.63, 3.8) is 0 Å². The van der Waals surface area contributed by atoms with E-state index in [1.165, 1.54) is 20.8 Å². The van der Waals surface area contributed by atoms with E-state index in [4.69, 9.17) is 11.6 Å². The number of carbonyl (C=O) groups excluding carboxylic acids is 1. The number of thiophene rings is 1. The summed E-state index contributed by atoms with van der Waals surface area (Å²) in [4.78, 5) is 15.8. The maximum atomic E-state index is 12.8. The van der Waals surface area contributed by atoms with Crippen LogP contribution in [0.25, 0.3) is 0 Å². The lowest BCUT2D eigenvalue weighted by Crippen LogP contribution is -2.52. The molecule has 26 heavy (non-hydrogen) atoms. The van der Waals surface area contributed by atoms with Gasteiger partial charge in [0.2, 0.25) is 5.91 Å². The first kappa shape index (κ1) is 18.3. The van der Waals surface area contributed by atoms with Gasteiger partial charge in [-0.05, 0) is 30.2 Å². The average molecular weight is 429 g/mol. The fourth-order valence-electron chi connectivity index (χ4n) is 3.24. The molecule has 2 aromatic rings. The Bertz CT molecular complexity index is 911. The lowest BCUT2D eigenvalue weighted by Gasteiger charge is -2.34. The molecule has 0 spiro atoms. The summed E-state index contributed by atoms with van der Waals surface area (Å²) in [6.45, 7) is 1.47. The van der Waals surface area contributed by atoms with Crippen LogP contribution in [-0.4, -0.2) is 55.0 Å². The van der Waals surface area contributed by atoms with E-state index < -0.39 is 10.0 Å². The minimum absolute atomic E-state index is 0.0995. The summed E-state index contributed by atoms with van der Waals surface area (Å²) in [5.41, 5.74) is 1.21. The summed E-state index contributed by atoms with van der Waals surface area (Å²) in [7, 11) is -3.53. The highest BCUT2D eigenvalue weighted by molar-refractivity contribution is 8.01. The largest absolute Gasteiger partial charge is 0.339 e. The number of hydrogen-bond donors (Lipinski definition) is 0. The van der Waals surface area contributed by atoms with E-state index in [1.807, 2.05) is 18.2 Å². The predicted octanol–water partition coefficient (Wildman–Crippen LogP) is 2.95. The van der Waals surface area contributed by atoms with Crippen LogP contribution in [0.2, 0.25) is 4.34 Å². The first-order chi connectivity index (χ1) is 12.4. The molecule has 0 bridgehead atoms. The summed E-state index contributed by atoms with van der Waals surface area (Å²) < 4.78 is 27.5. The molecule has 9 heteroatoms. The second-order valence-electron chi connectivity index (χ2n) is 6.21. The fourth-order valence-corrected chi connectivity index (χ4v) is 7.57. The van der Waals surface area contributed by atoms with Crippen LogP contribution in [0.1, 0.15) is 5.56 Å². The summed E-state index contributed by atoms with van der Waals surface area (Å²) in [5.74, 6) is 0.0995. The molecule has 1 atom stereocenters. The van der Waals surface area contributed by atoms with Crippen molar-refractivity contribution in [1.29, 1.82) is 0 Å². The van der Waals surface area contributed by atoms with Crippen molar-refractivity contribution in [1.82, 2.24) is 9.21 Å². The van der Waals surface area contributed by atoms with Crippen molar-refractivity contribution in [2.75, 3.05) is 26.2 Å². The Balaban J connectivity index is 1.39. The van der Waals surface area contributed by atoms with Crippen LogP contribution in [0.4, 0.5) is 0 Å². The Morgan fingerprint density at radius 2 is 1.81 bits per heavy atom. The van der Waals surface area contributed by atoms with Gasteiger partial charge in [-0.2, -0.15) is 4.31 Å². The van der Waals surface area contributed by atoms with Crippen molar-refractivity contribution < 1.29 is 13.2 Å². The number of benzene rings is 1. The molecule has 3 heterocycles. The highest BCUT2D eigenvalue weighted by atomic mass is 35.5. The Labute approximate surface area is 166 Å². The molecule has 0 radical (unpaired) electrons. The van der Waals surface area contributed by atoms with E-state index in [2.05, 4.69) is 6.07 Å². The molecule has 138 valence electrons. The van der Waals surface area contributed by atoms with Crippen molar-refractivity contribution in [2.24, 2.45) is 0 Å². The normalized spacial score (nSPS) is 21.0. The van der Waals surface area contributed by atoms with Crippen LogP contribution in [0, 0.1) is 0 Å². The second-order valence-corrected chi connectivity index (χ2v) is 11.3. The molecule has 1 aromatic heterocycles. The van der Waals surface area contributed by atoms with E-state index in [9.17, 15) is 13.2 Å². The topological polar surface area (TPSA) is 57.7 Å². The SMILES string of the molecule is O=C([C@@H]1Cc2ccccc2S1)N1CCN(S(=O)(=O)c2ccc(Cl)s2)CC1. The van der Waals surface area contributed by atoms with Gasteiger partial charge in [0.25, 0.3) is 10.0 Å². The van der Waals surface area contributed by atoms with Gasteiger partial charge in [-0.25, -0.2) is 8.42 Å². The first-order valence-corrected chi connectivity index (χ1v) is 11.8. The molecule has 0 aliphatic carbocycles. The van der Waals surface area contributed by atoms with Gasteiger partial charge in [-0.1, -0.05) is 29.8 Å². The zero-order valence-electron chi connectivity index (χ0n) is 13.8. The number of amides is 1. The van der Waals surface area contributed by atoms with Crippen LogP contribution in [0.3, 0.4) is 0 Å². The number of fused-ring (bicyclic) bond motifs is 1. The second kappa shape index (κ2) is 7.16. The van der Waals surface area contributed by atoms with Crippen molar-refractivity contribution >= 4 is 50.6 Å². The quantitative estimate of drug-likeness (QED) is 0.754. The number of halogens is 1. The van der Waals surface area contributed by atoms with Gasteiger partial charge in [-0.15, -0.1) is 23.1 Å². The molecule has 0 unspecified atom stereocenters. The molecule has 0 saturated carbocycles. The Morgan fingerprint density at radius 3 is 2.46 bits per heavy atom. The maximum Gasteiger partial charge on any atom is 0.252 e. The van der Waals surface area contributed by atoms with Gasteiger partial charge in [0.05, 0.1) is 9.59 Å². The van der Waals surface area contributed by atoms with Crippen molar-refractivity contribution in [3.8, 4) is 0 Å². The third-order valence-electron chi connectivity index (χ3n) is 4.62. The van der Waals surface area contributed by atoms with Crippen LogP contribution in [0.5, 0.6) is 0 Å². The lowest BCUT2D eigenvalue weighted by molar-refractivity contribution is -0.131. The van der Waals surface area contributed by atoms with Gasteiger partial charge in [0, 0.05) is 31.1 Å². The number of nitrogens with zero attached hydrogens (tertiary/aromatic N) is 2. The molecule has 1 saturated heterocycles. The van der Waals surface area contributed by atoms with Crippen molar-refractivity contribution in [2.45, 2.75) is 20.8 Å². The summed E-state index contributed by atoms with van der Waals surface area (Å²) >= 11 is 8.53. The number of piperazine rings is 1. The van der Waals surface area contributed by atoms with E-state index in [0.29, 0.717) is 30.5 Å².